The summed E-state index contributed by atoms with van der Waals surface area (Å²) in [6.45, 7) is 4.47. The molecule has 0 aromatic carbocycles. The maximum Gasteiger partial charge on any atom is 0.0271 e. The summed E-state index contributed by atoms with van der Waals surface area (Å²) in [5.74, 6) is 0. The minimum absolute atomic E-state index is 0.666. The summed E-state index contributed by atoms with van der Waals surface area (Å²) in [5.41, 5.74) is 0. The Bertz CT molecular complexity index is 83.6. The molecule has 2 heteroatoms. The zero-order valence-electron chi connectivity index (χ0n) is 7.45. The Morgan fingerprint density at radius 1 is 0.909 bits per heavy atom. The molecule has 0 spiro atoms. The molecule has 0 nitrogen and oxygen atoms in total. The molecule has 0 amide bonds. The number of halogens is 2. The van der Waals surface area contributed by atoms with Crippen molar-refractivity contribution in [3.8, 4) is 0 Å². The second-order valence-electron chi connectivity index (χ2n) is 2.96. The van der Waals surface area contributed by atoms with Crippen LogP contribution in [0.3, 0.4) is 0 Å². The van der Waals surface area contributed by atoms with Gasteiger partial charge in [0, 0.05) is 9.65 Å². The third kappa shape index (κ3) is 6.15. The van der Waals surface area contributed by atoms with Crippen LogP contribution in [0.5, 0.6) is 0 Å². The van der Waals surface area contributed by atoms with E-state index in [1.54, 1.807) is 0 Å². The van der Waals surface area contributed by atoms with Crippen molar-refractivity contribution in [3.05, 3.63) is 0 Å². The largest absolute Gasteiger partial charge is 0.0879 e. The quantitative estimate of drug-likeness (QED) is 0.630. The van der Waals surface area contributed by atoms with Gasteiger partial charge >= 0.3 is 0 Å². The summed E-state index contributed by atoms with van der Waals surface area (Å²) in [5, 5.41) is 0. The molecule has 0 saturated carbocycles. The molecule has 0 bridgehead atoms. The van der Waals surface area contributed by atoms with E-state index in [0.717, 1.165) is 0 Å². The lowest BCUT2D eigenvalue weighted by atomic mass is 10.1. The first kappa shape index (κ1) is 12.0. The maximum absolute atomic E-state index is 3.70. The number of unbranched alkanes of at least 4 members (excludes halogenated alkanes) is 1. The smallest absolute Gasteiger partial charge is 0.0271 e. The van der Waals surface area contributed by atoms with Gasteiger partial charge in [-0.05, 0) is 12.8 Å². The fraction of sp³-hybridized carbons (Fsp3) is 1.00. The van der Waals surface area contributed by atoms with E-state index in [1.807, 2.05) is 0 Å². The van der Waals surface area contributed by atoms with Crippen LogP contribution < -0.4 is 0 Å². The van der Waals surface area contributed by atoms with Crippen molar-refractivity contribution in [1.82, 2.24) is 0 Å². The number of rotatable bonds is 6. The minimum atomic E-state index is 0.666. The lowest BCUT2D eigenvalue weighted by Crippen LogP contribution is -2.13. The molecule has 2 atom stereocenters. The molecule has 0 heterocycles. The minimum Gasteiger partial charge on any atom is -0.0879 e. The molecule has 0 unspecified atom stereocenters. The molecule has 0 radical (unpaired) electrons. The van der Waals surface area contributed by atoms with Crippen LogP contribution in [-0.2, 0) is 0 Å². The van der Waals surface area contributed by atoms with Gasteiger partial charge in [-0.25, -0.2) is 0 Å². The highest BCUT2D eigenvalue weighted by molar-refractivity contribution is 9.12. The highest BCUT2D eigenvalue weighted by Gasteiger charge is 2.13. The van der Waals surface area contributed by atoms with Gasteiger partial charge in [0.05, 0.1) is 0 Å². The molecule has 0 N–H and O–H groups in total. The predicted molar refractivity (Wildman–Crippen MR) is 59.9 cm³/mol. The Morgan fingerprint density at radius 3 is 1.91 bits per heavy atom. The van der Waals surface area contributed by atoms with Crippen molar-refractivity contribution < 1.29 is 0 Å². The molecular weight excluding hydrogens is 268 g/mol. The maximum atomic E-state index is 3.70. The second kappa shape index (κ2) is 7.60. The number of hydrogen-bond donors (Lipinski definition) is 0. The fourth-order valence-electron chi connectivity index (χ4n) is 1.04. The zero-order valence-corrected chi connectivity index (χ0v) is 10.6. The summed E-state index contributed by atoms with van der Waals surface area (Å²) < 4.78 is 0. The normalized spacial score (nSPS) is 16.4. The number of alkyl halides is 2. The monoisotopic (exact) mass is 284 g/mol. The van der Waals surface area contributed by atoms with E-state index in [0.29, 0.717) is 9.65 Å². The van der Waals surface area contributed by atoms with Gasteiger partial charge < -0.3 is 0 Å². The standard InChI is InChI=1S/C9H18Br2/c1-3-5-7-9(11)8(10)6-4-2/h8-9H,3-7H2,1-2H3/t8-,9+/m1/s1. The first-order valence-corrected chi connectivity index (χ1v) is 6.33. The molecular formula is C9H18Br2. The number of hydrogen-bond acceptors (Lipinski definition) is 0. The van der Waals surface area contributed by atoms with Crippen LogP contribution in [0.1, 0.15) is 46.0 Å². The average Bonchev–Trinajstić information content (AvgIpc) is 2.00. The molecule has 68 valence electrons. The molecule has 0 aliphatic rings. The Morgan fingerprint density at radius 2 is 1.45 bits per heavy atom. The van der Waals surface area contributed by atoms with Gasteiger partial charge in [0.25, 0.3) is 0 Å². The molecule has 0 aromatic heterocycles. The Kier molecular flexibility index (Phi) is 8.26. The van der Waals surface area contributed by atoms with Crippen molar-refractivity contribution >= 4 is 31.9 Å². The fourth-order valence-corrected chi connectivity index (χ4v) is 2.35. The summed E-state index contributed by atoms with van der Waals surface area (Å²) in [6, 6.07) is 0. The van der Waals surface area contributed by atoms with E-state index in [2.05, 4.69) is 45.7 Å². The van der Waals surface area contributed by atoms with Crippen LogP contribution in [-0.4, -0.2) is 9.65 Å². The molecule has 0 aromatic rings. The molecule has 0 rings (SSSR count). The van der Waals surface area contributed by atoms with E-state index in [1.165, 1.54) is 32.1 Å². The van der Waals surface area contributed by atoms with Gasteiger partial charge in [-0.2, -0.15) is 0 Å². The van der Waals surface area contributed by atoms with Gasteiger partial charge in [-0.3, -0.25) is 0 Å². The summed E-state index contributed by atoms with van der Waals surface area (Å²) in [4.78, 5) is 1.33. The lowest BCUT2D eigenvalue weighted by molar-refractivity contribution is 0.640. The highest BCUT2D eigenvalue weighted by Crippen LogP contribution is 2.23. The van der Waals surface area contributed by atoms with Crippen molar-refractivity contribution in [2.24, 2.45) is 0 Å². The van der Waals surface area contributed by atoms with E-state index in [-0.39, 0.29) is 0 Å². The van der Waals surface area contributed by atoms with E-state index < -0.39 is 0 Å². The van der Waals surface area contributed by atoms with E-state index >= 15 is 0 Å². The zero-order chi connectivity index (χ0) is 8.69. The Balaban J connectivity index is 3.38. The third-order valence-electron chi connectivity index (χ3n) is 1.79. The molecule has 0 aliphatic heterocycles. The summed E-state index contributed by atoms with van der Waals surface area (Å²) >= 11 is 7.39. The van der Waals surface area contributed by atoms with Gasteiger partial charge in [-0.15, -0.1) is 0 Å². The van der Waals surface area contributed by atoms with Crippen LogP contribution in [0.25, 0.3) is 0 Å². The van der Waals surface area contributed by atoms with Crippen LogP contribution in [0, 0.1) is 0 Å². The van der Waals surface area contributed by atoms with Gasteiger partial charge in [-0.1, -0.05) is 65.0 Å². The first-order valence-electron chi connectivity index (χ1n) is 4.50. The van der Waals surface area contributed by atoms with E-state index in [9.17, 15) is 0 Å². The lowest BCUT2D eigenvalue weighted by Gasteiger charge is -2.14. The van der Waals surface area contributed by atoms with Gasteiger partial charge in [0.1, 0.15) is 0 Å². The van der Waals surface area contributed by atoms with Crippen LogP contribution in [0.15, 0.2) is 0 Å². The van der Waals surface area contributed by atoms with Crippen molar-refractivity contribution in [2.45, 2.75) is 55.6 Å². The Labute approximate surface area is 87.4 Å². The summed E-state index contributed by atoms with van der Waals surface area (Å²) in [7, 11) is 0. The van der Waals surface area contributed by atoms with Crippen LogP contribution >= 0.6 is 31.9 Å². The van der Waals surface area contributed by atoms with Crippen LogP contribution in [0.2, 0.25) is 0 Å². The molecule has 0 aliphatic carbocycles. The van der Waals surface area contributed by atoms with Crippen molar-refractivity contribution in [3.63, 3.8) is 0 Å². The summed E-state index contributed by atoms with van der Waals surface area (Å²) in [6.07, 6.45) is 6.48. The topological polar surface area (TPSA) is 0 Å². The average molecular weight is 286 g/mol. The molecule has 0 fully saturated rings. The third-order valence-corrected chi connectivity index (χ3v) is 4.69. The molecule has 11 heavy (non-hydrogen) atoms. The highest BCUT2D eigenvalue weighted by atomic mass is 79.9. The van der Waals surface area contributed by atoms with Crippen molar-refractivity contribution in [1.29, 1.82) is 0 Å². The van der Waals surface area contributed by atoms with Crippen molar-refractivity contribution in [2.75, 3.05) is 0 Å². The second-order valence-corrected chi connectivity index (χ2v) is 5.32. The first-order chi connectivity index (χ1) is 5.22. The predicted octanol–water partition coefficient (Wildman–Crippen LogP) is 4.50. The Hall–Kier alpha value is 0.960. The SMILES string of the molecule is CCCC[C@H](Br)[C@H](Br)CCC. The van der Waals surface area contributed by atoms with E-state index in [4.69, 9.17) is 0 Å². The molecule has 0 saturated heterocycles. The van der Waals surface area contributed by atoms with Gasteiger partial charge in [0.2, 0.25) is 0 Å². The van der Waals surface area contributed by atoms with Crippen LogP contribution in [0.4, 0.5) is 0 Å². The van der Waals surface area contributed by atoms with Gasteiger partial charge in [0.15, 0.2) is 0 Å².